The summed E-state index contributed by atoms with van der Waals surface area (Å²) in [4.78, 5) is 17.7. The molecule has 1 amide bonds. The molecule has 0 atom stereocenters. The normalized spacial score (nSPS) is 10.7. The molecule has 3 aromatic carbocycles. The molecule has 3 nitrogen and oxygen atoms in total. The average Bonchev–Trinajstić information content (AvgIpc) is 2.67. The molecule has 1 heterocycles. The van der Waals surface area contributed by atoms with Crippen molar-refractivity contribution in [2.75, 3.05) is 5.32 Å². The van der Waals surface area contributed by atoms with Gasteiger partial charge in [-0.1, -0.05) is 63.9 Å². The number of amides is 1. The number of carbonyl (C=O) groups is 1. The van der Waals surface area contributed by atoms with Crippen molar-refractivity contribution in [3.8, 4) is 11.3 Å². The summed E-state index contributed by atoms with van der Waals surface area (Å²) in [6.45, 7) is 0. The van der Waals surface area contributed by atoms with Crippen LogP contribution in [0.15, 0.2) is 83.3 Å². The Morgan fingerprint density at radius 3 is 2.56 bits per heavy atom. The minimum absolute atomic E-state index is 0.202. The van der Waals surface area contributed by atoms with Crippen molar-refractivity contribution in [2.45, 2.75) is 0 Å². The van der Waals surface area contributed by atoms with E-state index in [4.69, 9.17) is 16.6 Å². The van der Waals surface area contributed by atoms with Gasteiger partial charge in [0.15, 0.2) is 0 Å². The molecule has 132 valence electrons. The van der Waals surface area contributed by atoms with E-state index < -0.39 is 0 Å². The van der Waals surface area contributed by atoms with Crippen molar-refractivity contribution in [1.29, 1.82) is 0 Å². The third kappa shape index (κ3) is 3.87. The number of aromatic nitrogens is 1. The molecule has 4 rings (SSSR count). The highest BCUT2D eigenvalue weighted by Gasteiger charge is 2.14. The first-order chi connectivity index (χ1) is 13.1. The van der Waals surface area contributed by atoms with Gasteiger partial charge in [0.05, 0.1) is 16.8 Å². The Labute approximate surface area is 170 Å². The number of nitrogens with zero attached hydrogens (tertiary/aromatic N) is 1. The molecule has 0 saturated carbocycles. The number of fused-ring (bicyclic) bond motifs is 1. The van der Waals surface area contributed by atoms with Crippen LogP contribution in [0.3, 0.4) is 0 Å². The van der Waals surface area contributed by atoms with Crippen molar-refractivity contribution in [3.05, 3.63) is 93.9 Å². The predicted molar refractivity (Wildman–Crippen MR) is 114 cm³/mol. The van der Waals surface area contributed by atoms with Crippen LogP contribution in [0.2, 0.25) is 5.02 Å². The maximum Gasteiger partial charge on any atom is 0.256 e. The topological polar surface area (TPSA) is 42.0 Å². The number of benzene rings is 3. The summed E-state index contributed by atoms with van der Waals surface area (Å²) in [5.74, 6) is -0.202. The highest BCUT2D eigenvalue weighted by molar-refractivity contribution is 9.10. The molecule has 5 heteroatoms. The second-order valence-corrected chi connectivity index (χ2v) is 7.40. The van der Waals surface area contributed by atoms with Crippen LogP contribution in [0.25, 0.3) is 22.2 Å². The van der Waals surface area contributed by atoms with Crippen LogP contribution in [-0.4, -0.2) is 10.9 Å². The molecule has 0 aliphatic heterocycles. The zero-order chi connectivity index (χ0) is 18.8. The molecule has 27 heavy (non-hydrogen) atoms. The fourth-order valence-corrected chi connectivity index (χ4v) is 3.51. The summed E-state index contributed by atoms with van der Waals surface area (Å²) in [6.07, 6.45) is 0. The third-order valence-electron chi connectivity index (χ3n) is 4.16. The Morgan fingerprint density at radius 1 is 0.926 bits per heavy atom. The second kappa shape index (κ2) is 7.51. The maximum atomic E-state index is 13.0. The number of rotatable bonds is 3. The highest BCUT2D eigenvalue weighted by Crippen LogP contribution is 2.27. The van der Waals surface area contributed by atoms with E-state index >= 15 is 0 Å². The Balaban J connectivity index is 1.82. The van der Waals surface area contributed by atoms with Gasteiger partial charge >= 0.3 is 0 Å². The van der Waals surface area contributed by atoms with Gasteiger partial charge in [-0.15, -0.1) is 0 Å². The van der Waals surface area contributed by atoms with Gasteiger partial charge in [-0.3, -0.25) is 4.79 Å². The summed E-state index contributed by atoms with van der Waals surface area (Å²) in [6, 6.07) is 24.4. The van der Waals surface area contributed by atoms with Gasteiger partial charge < -0.3 is 5.32 Å². The van der Waals surface area contributed by atoms with E-state index in [9.17, 15) is 4.79 Å². The Kier molecular flexibility index (Phi) is 4.92. The van der Waals surface area contributed by atoms with Crippen LogP contribution < -0.4 is 5.32 Å². The number of hydrogen-bond acceptors (Lipinski definition) is 2. The highest BCUT2D eigenvalue weighted by atomic mass is 79.9. The first kappa shape index (κ1) is 17.7. The van der Waals surface area contributed by atoms with Gasteiger partial charge in [0.25, 0.3) is 5.91 Å². The van der Waals surface area contributed by atoms with E-state index in [0.29, 0.717) is 16.3 Å². The number of carbonyl (C=O) groups excluding carboxylic acids is 1. The second-order valence-electron chi connectivity index (χ2n) is 6.05. The molecule has 4 aromatic rings. The first-order valence-electron chi connectivity index (χ1n) is 8.33. The SMILES string of the molecule is O=C(Nc1cccc(Cl)c1)c1cc(-c2cccc(Br)c2)nc2ccccc12. The largest absolute Gasteiger partial charge is 0.322 e. The van der Waals surface area contributed by atoms with Crippen LogP contribution >= 0.6 is 27.5 Å². The van der Waals surface area contributed by atoms with Crippen LogP contribution in [0, 0.1) is 0 Å². The molecular formula is C22H14BrClN2O. The van der Waals surface area contributed by atoms with Crippen molar-refractivity contribution >= 4 is 50.0 Å². The molecule has 0 unspecified atom stereocenters. The summed E-state index contributed by atoms with van der Waals surface area (Å²) in [5, 5.41) is 4.29. The standard InChI is InChI=1S/C22H14BrClN2O/c23-15-6-3-5-14(11-15)21-13-19(18-9-1-2-10-20(18)26-21)22(27)25-17-8-4-7-16(24)12-17/h1-13H,(H,25,27). The molecule has 0 aliphatic carbocycles. The number of para-hydroxylation sites is 1. The number of hydrogen-bond donors (Lipinski definition) is 1. The van der Waals surface area contributed by atoms with E-state index in [2.05, 4.69) is 21.2 Å². The van der Waals surface area contributed by atoms with Crippen LogP contribution in [0.5, 0.6) is 0 Å². The third-order valence-corrected chi connectivity index (χ3v) is 4.89. The van der Waals surface area contributed by atoms with E-state index in [1.54, 1.807) is 18.2 Å². The minimum atomic E-state index is -0.202. The maximum absolute atomic E-state index is 13.0. The zero-order valence-electron chi connectivity index (χ0n) is 14.1. The van der Waals surface area contributed by atoms with E-state index in [1.165, 1.54) is 0 Å². The lowest BCUT2D eigenvalue weighted by atomic mass is 10.0. The monoisotopic (exact) mass is 436 g/mol. The molecule has 0 bridgehead atoms. The van der Waals surface area contributed by atoms with Gasteiger partial charge in [0.2, 0.25) is 0 Å². The average molecular weight is 438 g/mol. The Hall–Kier alpha value is -2.69. The van der Waals surface area contributed by atoms with Gasteiger partial charge in [-0.05, 0) is 42.5 Å². The van der Waals surface area contributed by atoms with Gasteiger partial charge in [0, 0.05) is 26.1 Å². The van der Waals surface area contributed by atoms with Crippen LogP contribution in [0.4, 0.5) is 5.69 Å². The molecule has 0 aliphatic rings. The minimum Gasteiger partial charge on any atom is -0.322 e. The lowest BCUT2D eigenvalue weighted by molar-refractivity contribution is 0.102. The molecule has 1 N–H and O–H groups in total. The number of anilines is 1. The summed E-state index contributed by atoms with van der Waals surface area (Å²) in [5.41, 5.74) is 3.66. The van der Waals surface area contributed by atoms with Crippen LogP contribution in [0.1, 0.15) is 10.4 Å². The Bertz CT molecular complexity index is 1160. The number of nitrogens with one attached hydrogen (secondary N) is 1. The molecule has 1 aromatic heterocycles. The van der Waals surface area contributed by atoms with E-state index in [-0.39, 0.29) is 5.91 Å². The quantitative estimate of drug-likeness (QED) is 0.394. The molecule has 0 fully saturated rings. The van der Waals surface area contributed by atoms with Crippen molar-refractivity contribution in [2.24, 2.45) is 0 Å². The van der Waals surface area contributed by atoms with Gasteiger partial charge in [0.1, 0.15) is 0 Å². The molecule has 0 radical (unpaired) electrons. The fourth-order valence-electron chi connectivity index (χ4n) is 2.92. The first-order valence-corrected chi connectivity index (χ1v) is 9.50. The predicted octanol–water partition coefficient (Wildman–Crippen LogP) is 6.57. The van der Waals surface area contributed by atoms with Gasteiger partial charge in [-0.25, -0.2) is 4.98 Å². The number of pyridine rings is 1. The smallest absolute Gasteiger partial charge is 0.256 e. The summed E-state index contributed by atoms with van der Waals surface area (Å²) in [7, 11) is 0. The number of halogens is 2. The van der Waals surface area contributed by atoms with Crippen LogP contribution in [-0.2, 0) is 0 Å². The van der Waals surface area contributed by atoms with E-state index in [1.807, 2.05) is 60.7 Å². The lowest BCUT2D eigenvalue weighted by Gasteiger charge is -2.11. The fraction of sp³-hybridized carbons (Fsp3) is 0. The van der Waals surface area contributed by atoms with Crippen molar-refractivity contribution < 1.29 is 4.79 Å². The van der Waals surface area contributed by atoms with E-state index in [0.717, 1.165) is 26.6 Å². The van der Waals surface area contributed by atoms with Gasteiger partial charge in [-0.2, -0.15) is 0 Å². The van der Waals surface area contributed by atoms with Crippen molar-refractivity contribution in [1.82, 2.24) is 4.98 Å². The molecule has 0 spiro atoms. The zero-order valence-corrected chi connectivity index (χ0v) is 16.5. The Morgan fingerprint density at radius 2 is 1.74 bits per heavy atom. The summed E-state index contributed by atoms with van der Waals surface area (Å²) < 4.78 is 0.958. The summed E-state index contributed by atoms with van der Waals surface area (Å²) >= 11 is 9.51. The van der Waals surface area contributed by atoms with Crippen molar-refractivity contribution in [3.63, 3.8) is 0 Å². The lowest BCUT2D eigenvalue weighted by Crippen LogP contribution is -2.13. The molecule has 0 saturated heterocycles. The molecular weight excluding hydrogens is 424 g/mol.